The van der Waals surface area contributed by atoms with Crippen LogP contribution in [0, 0.1) is 11.8 Å². The van der Waals surface area contributed by atoms with Gasteiger partial charge in [0.15, 0.2) is 11.5 Å². The van der Waals surface area contributed by atoms with E-state index < -0.39 is 0 Å². The minimum Gasteiger partial charge on any atom is -0.465 e. The number of fused-ring (bicyclic) bond motifs is 3. The van der Waals surface area contributed by atoms with Gasteiger partial charge in [0.1, 0.15) is 0 Å². The molecule has 88 valence electrons. The van der Waals surface area contributed by atoms with Crippen LogP contribution in [0.1, 0.15) is 11.1 Å². The Morgan fingerprint density at radius 2 is 1.71 bits per heavy atom. The smallest absolute Gasteiger partial charge is 0.309 e. The monoisotopic (exact) mass is 232 g/mol. The summed E-state index contributed by atoms with van der Waals surface area (Å²) >= 11 is 0. The maximum atomic E-state index is 11.6. The van der Waals surface area contributed by atoms with Gasteiger partial charge in [-0.25, -0.2) is 0 Å². The Morgan fingerprint density at radius 3 is 2.47 bits per heavy atom. The molecule has 0 spiro atoms. The van der Waals surface area contributed by atoms with E-state index in [0.29, 0.717) is 19.3 Å². The number of hydrogen-bond donors (Lipinski definition) is 0. The molecule has 1 saturated heterocycles. The molecule has 2 heterocycles. The predicted octanol–water partition coefficient (Wildman–Crippen LogP) is 1.30. The van der Waals surface area contributed by atoms with Gasteiger partial charge in [-0.15, -0.1) is 0 Å². The molecule has 0 radical (unpaired) electrons. The van der Waals surface area contributed by atoms with Crippen molar-refractivity contribution in [3.8, 4) is 11.5 Å². The van der Waals surface area contributed by atoms with Crippen LogP contribution >= 0.6 is 0 Å². The van der Waals surface area contributed by atoms with Crippen LogP contribution in [-0.2, 0) is 22.4 Å². The van der Waals surface area contributed by atoms with Crippen molar-refractivity contribution >= 4 is 5.97 Å². The van der Waals surface area contributed by atoms with Gasteiger partial charge in [0.05, 0.1) is 12.5 Å². The van der Waals surface area contributed by atoms with Crippen molar-refractivity contribution in [3.05, 3.63) is 23.3 Å². The summed E-state index contributed by atoms with van der Waals surface area (Å²) in [5, 5.41) is 0. The summed E-state index contributed by atoms with van der Waals surface area (Å²) < 4.78 is 15.9. The highest BCUT2D eigenvalue weighted by Gasteiger charge is 2.40. The van der Waals surface area contributed by atoms with Gasteiger partial charge >= 0.3 is 5.97 Å². The molecule has 0 saturated carbocycles. The van der Waals surface area contributed by atoms with Crippen molar-refractivity contribution < 1.29 is 19.0 Å². The topological polar surface area (TPSA) is 44.8 Å². The van der Waals surface area contributed by atoms with Crippen molar-refractivity contribution in [1.29, 1.82) is 0 Å². The van der Waals surface area contributed by atoms with Crippen LogP contribution in [0.25, 0.3) is 0 Å². The van der Waals surface area contributed by atoms with Gasteiger partial charge in [0.25, 0.3) is 0 Å². The average Bonchev–Trinajstić information content (AvgIpc) is 2.91. The van der Waals surface area contributed by atoms with E-state index >= 15 is 0 Å². The number of carbonyl (C=O) groups excluding carboxylic acids is 1. The van der Waals surface area contributed by atoms with Crippen LogP contribution in [0.2, 0.25) is 0 Å². The number of esters is 1. The van der Waals surface area contributed by atoms with Gasteiger partial charge in [-0.05, 0) is 36.1 Å². The first-order valence-electron chi connectivity index (χ1n) is 5.89. The zero-order valence-electron chi connectivity index (χ0n) is 9.27. The first kappa shape index (κ1) is 9.33. The highest BCUT2D eigenvalue weighted by molar-refractivity contribution is 5.76. The minimum absolute atomic E-state index is 0.0432. The summed E-state index contributed by atoms with van der Waals surface area (Å²) in [6, 6.07) is 4.07. The number of carbonyl (C=O) groups is 1. The number of benzene rings is 1. The highest BCUT2D eigenvalue weighted by Crippen LogP contribution is 2.41. The van der Waals surface area contributed by atoms with Crippen LogP contribution in [-0.4, -0.2) is 19.4 Å². The lowest BCUT2D eigenvalue weighted by molar-refractivity contribution is -0.141. The normalized spacial score (nSPS) is 28.6. The summed E-state index contributed by atoms with van der Waals surface area (Å²) in [5.74, 6) is 1.97. The molecular weight excluding hydrogens is 220 g/mol. The van der Waals surface area contributed by atoms with Crippen LogP contribution in [0.3, 0.4) is 0 Å². The maximum absolute atomic E-state index is 11.6. The quantitative estimate of drug-likeness (QED) is 0.632. The largest absolute Gasteiger partial charge is 0.465 e. The molecule has 4 rings (SSSR count). The first-order valence-corrected chi connectivity index (χ1v) is 5.89. The summed E-state index contributed by atoms with van der Waals surface area (Å²) in [6.45, 7) is 0.866. The van der Waals surface area contributed by atoms with Crippen LogP contribution in [0.4, 0.5) is 0 Å². The van der Waals surface area contributed by atoms with Crippen LogP contribution < -0.4 is 9.47 Å². The molecular formula is C13H12O4. The Morgan fingerprint density at radius 1 is 1.00 bits per heavy atom. The Hall–Kier alpha value is -1.71. The second kappa shape index (κ2) is 3.15. The predicted molar refractivity (Wildman–Crippen MR) is 57.9 cm³/mol. The summed E-state index contributed by atoms with van der Waals surface area (Å²) in [7, 11) is 0. The summed E-state index contributed by atoms with van der Waals surface area (Å²) in [6.07, 6.45) is 1.68. The molecule has 2 aliphatic heterocycles. The van der Waals surface area contributed by atoms with E-state index in [1.807, 2.05) is 6.07 Å². The molecule has 0 aromatic heterocycles. The van der Waals surface area contributed by atoms with Gasteiger partial charge in [0, 0.05) is 5.92 Å². The fraction of sp³-hybridized carbons (Fsp3) is 0.462. The van der Waals surface area contributed by atoms with Gasteiger partial charge in [-0.2, -0.15) is 0 Å². The van der Waals surface area contributed by atoms with Crippen molar-refractivity contribution in [1.82, 2.24) is 0 Å². The van der Waals surface area contributed by atoms with Gasteiger partial charge in [-0.3, -0.25) is 4.79 Å². The summed E-state index contributed by atoms with van der Waals surface area (Å²) in [4.78, 5) is 11.6. The Balaban J connectivity index is 1.77. The van der Waals surface area contributed by atoms with E-state index in [9.17, 15) is 4.79 Å². The molecule has 1 fully saturated rings. The molecule has 3 aliphatic rings. The number of cyclic esters (lactones) is 1. The molecule has 0 bridgehead atoms. The number of ether oxygens (including phenoxy) is 3. The molecule has 2 unspecified atom stereocenters. The second-order valence-electron chi connectivity index (χ2n) is 4.88. The standard InChI is InChI=1S/C13H12O4/c14-13-10-2-8-4-12-11(16-6-17-12)3-7(8)1-9(10)5-15-13/h3-4,9-10H,1-2,5-6H2. The molecule has 17 heavy (non-hydrogen) atoms. The molecule has 0 N–H and O–H groups in total. The minimum atomic E-state index is -0.0432. The Bertz CT molecular complexity index is 508. The van der Waals surface area contributed by atoms with E-state index in [2.05, 4.69) is 6.07 Å². The van der Waals surface area contributed by atoms with Crippen molar-refractivity contribution in [2.45, 2.75) is 12.8 Å². The van der Waals surface area contributed by atoms with E-state index in [-0.39, 0.29) is 11.9 Å². The molecule has 0 amide bonds. The van der Waals surface area contributed by atoms with Gasteiger partial charge in [-0.1, -0.05) is 0 Å². The highest BCUT2D eigenvalue weighted by atomic mass is 16.7. The number of rotatable bonds is 0. The van der Waals surface area contributed by atoms with Gasteiger partial charge < -0.3 is 14.2 Å². The van der Waals surface area contributed by atoms with Crippen LogP contribution in [0.15, 0.2) is 12.1 Å². The van der Waals surface area contributed by atoms with E-state index in [1.54, 1.807) is 0 Å². The first-order chi connectivity index (χ1) is 8.31. The lowest BCUT2D eigenvalue weighted by Gasteiger charge is -2.24. The second-order valence-corrected chi connectivity index (χ2v) is 4.88. The zero-order valence-corrected chi connectivity index (χ0v) is 9.27. The van der Waals surface area contributed by atoms with Crippen LogP contribution in [0.5, 0.6) is 11.5 Å². The SMILES string of the molecule is O=C1OCC2Cc3cc4c(cc3CC12)OCO4. The molecule has 1 aliphatic carbocycles. The zero-order chi connectivity index (χ0) is 11.4. The molecule has 4 heteroatoms. The van der Waals surface area contributed by atoms with Crippen molar-refractivity contribution in [2.24, 2.45) is 11.8 Å². The third-order valence-corrected chi connectivity index (χ3v) is 3.93. The lowest BCUT2D eigenvalue weighted by atomic mass is 9.77. The number of hydrogen-bond acceptors (Lipinski definition) is 4. The van der Waals surface area contributed by atoms with E-state index in [4.69, 9.17) is 14.2 Å². The maximum Gasteiger partial charge on any atom is 0.309 e. The van der Waals surface area contributed by atoms with Crippen molar-refractivity contribution in [2.75, 3.05) is 13.4 Å². The lowest BCUT2D eigenvalue weighted by Crippen LogP contribution is -2.25. The molecule has 1 aromatic rings. The third-order valence-electron chi connectivity index (χ3n) is 3.93. The molecule has 1 aromatic carbocycles. The fourth-order valence-corrected chi connectivity index (χ4v) is 2.98. The Kier molecular flexibility index (Phi) is 1.73. The third kappa shape index (κ3) is 1.27. The Labute approximate surface area is 98.5 Å². The fourth-order valence-electron chi connectivity index (χ4n) is 2.98. The summed E-state index contributed by atoms with van der Waals surface area (Å²) in [5.41, 5.74) is 2.48. The molecule has 2 atom stereocenters. The van der Waals surface area contributed by atoms with E-state index in [1.165, 1.54) is 11.1 Å². The molecule has 4 nitrogen and oxygen atoms in total. The average molecular weight is 232 g/mol. The van der Waals surface area contributed by atoms with Gasteiger partial charge in [0.2, 0.25) is 6.79 Å². The van der Waals surface area contributed by atoms with Crippen molar-refractivity contribution in [3.63, 3.8) is 0 Å². The van der Waals surface area contributed by atoms with E-state index in [0.717, 1.165) is 24.3 Å².